The zero-order valence-electron chi connectivity index (χ0n) is 15.4. The summed E-state index contributed by atoms with van der Waals surface area (Å²) in [5.41, 5.74) is 16.0. The molecular formula is C21H17N7O. The monoisotopic (exact) mass is 383 g/mol. The fourth-order valence-corrected chi connectivity index (χ4v) is 3.45. The number of nitrogen functional groups attached to an aromatic ring is 2. The van der Waals surface area contributed by atoms with E-state index in [0.717, 1.165) is 22.0 Å². The second-order valence-corrected chi connectivity index (χ2v) is 6.48. The van der Waals surface area contributed by atoms with Crippen molar-refractivity contribution in [2.45, 2.75) is 6.61 Å². The minimum Gasteiger partial charge on any atom is -0.488 e. The molecule has 29 heavy (non-hydrogen) atoms. The van der Waals surface area contributed by atoms with E-state index in [-0.39, 0.29) is 5.95 Å². The van der Waals surface area contributed by atoms with Gasteiger partial charge in [0.05, 0.1) is 16.6 Å². The van der Waals surface area contributed by atoms with Crippen LogP contribution in [0.25, 0.3) is 27.8 Å². The predicted octanol–water partition coefficient (Wildman–Crippen LogP) is 3.08. The number of pyridine rings is 1. The average Bonchev–Trinajstić information content (AvgIpc) is 3.09. The predicted molar refractivity (Wildman–Crippen MR) is 111 cm³/mol. The molecule has 4 N–H and O–H groups in total. The number of nitrogens with zero attached hydrogens (tertiary/aromatic N) is 5. The number of rotatable bonds is 4. The quantitative estimate of drug-likeness (QED) is 0.490. The summed E-state index contributed by atoms with van der Waals surface area (Å²) in [6, 6.07) is 15.5. The van der Waals surface area contributed by atoms with Crippen LogP contribution in [0.5, 0.6) is 5.75 Å². The van der Waals surface area contributed by atoms with Crippen LogP contribution in [0.3, 0.4) is 0 Å². The normalized spacial score (nSPS) is 11.2. The van der Waals surface area contributed by atoms with Crippen molar-refractivity contribution in [3.05, 3.63) is 72.7 Å². The Morgan fingerprint density at radius 2 is 1.66 bits per heavy atom. The van der Waals surface area contributed by atoms with Gasteiger partial charge in [-0.1, -0.05) is 30.3 Å². The Kier molecular flexibility index (Phi) is 3.94. The summed E-state index contributed by atoms with van der Waals surface area (Å²) in [6.45, 7) is 0.422. The molecule has 0 aliphatic carbocycles. The first-order chi connectivity index (χ1) is 14.2. The maximum atomic E-state index is 6.18. The van der Waals surface area contributed by atoms with Gasteiger partial charge in [-0.15, -0.1) is 0 Å². The Balaban J connectivity index is 1.77. The Morgan fingerprint density at radius 3 is 2.48 bits per heavy atom. The standard InChI is InChI=1S/C21H17N7O/c22-20-25-9-6-14(27-20)17-15-7-10-26-21(23)28(15)19-18(17)16(8-11-24-19)29-12-13-4-2-1-3-5-13/h1-11H,12H2,(H2,23,26)(H2,22,25,27). The molecule has 0 fully saturated rings. The molecule has 0 spiro atoms. The minimum absolute atomic E-state index is 0.188. The van der Waals surface area contributed by atoms with Crippen molar-refractivity contribution in [3.8, 4) is 17.0 Å². The number of hydrogen-bond acceptors (Lipinski definition) is 7. The van der Waals surface area contributed by atoms with E-state index >= 15 is 0 Å². The smallest absolute Gasteiger partial charge is 0.220 e. The molecule has 1 aromatic carbocycles. The third-order valence-corrected chi connectivity index (χ3v) is 4.69. The third kappa shape index (κ3) is 2.87. The molecule has 0 bridgehead atoms. The molecule has 8 heteroatoms. The van der Waals surface area contributed by atoms with Crippen LogP contribution in [0.15, 0.2) is 67.1 Å². The van der Waals surface area contributed by atoms with Crippen LogP contribution in [-0.2, 0) is 6.61 Å². The lowest BCUT2D eigenvalue weighted by molar-refractivity contribution is 0.310. The first-order valence-electron chi connectivity index (χ1n) is 9.01. The fourth-order valence-electron chi connectivity index (χ4n) is 3.45. The molecule has 4 aromatic heterocycles. The van der Waals surface area contributed by atoms with Crippen LogP contribution >= 0.6 is 0 Å². The largest absolute Gasteiger partial charge is 0.488 e. The van der Waals surface area contributed by atoms with Gasteiger partial charge in [-0.05, 0) is 23.8 Å². The number of benzene rings is 1. The van der Waals surface area contributed by atoms with Crippen molar-refractivity contribution in [1.82, 2.24) is 24.3 Å². The molecule has 0 unspecified atom stereocenters. The van der Waals surface area contributed by atoms with Crippen molar-refractivity contribution in [2.24, 2.45) is 0 Å². The van der Waals surface area contributed by atoms with Crippen molar-refractivity contribution >= 4 is 28.4 Å². The molecule has 0 atom stereocenters. The Hall–Kier alpha value is -4.20. The van der Waals surface area contributed by atoms with E-state index in [2.05, 4.69) is 19.9 Å². The van der Waals surface area contributed by atoms with E-state index in [0.29, 0.717) is 29.6 Å². The molecule has 0 amide bonds. The van der Waals surface area contributed by atoms with Gasteiger partial charge in [-0.2, -0.15) is 0 Å². The lowest BCUT2D eigenvalue weighted by Crippen LogP contribution is -2.00. The molecule has 0 saturated heterocycles. The average molecular weight is 383 g/mol. The maximum absolute atomic E-state index is 6.18. The molecule has 4 heterocycles. The van der Waals surface area contributed by atoms with Crippen LogP contribution in [-0.4, -0.2) is 24.3 Å². The summed E-state index contributed by atoms with van der Waals surface area (Å²) in [5, 5.41) is 0.793. The fraction of sp³-hybridized carbons (Fsp3) is 0.0476. The first kappa shape index (κ1) is 16.9. The minimum atomic E-state index is 0.188. The number of ether oxygens (including phenoxy) is 1. The third-order valence-electron chi connectivity index (χ3n) is 4.69. The summed E-state index contributed by atoms with van der Waals surface area (Å²) in [6.07, 6.45) is 4.97. The molecule has 0 radical (unpaired) electrons. The van der Waals surface area contributed by atoms with E-state index in [1.165, 1.54) is 0 Å². The summed E-state index contributed by atoms with van der Waals surface area (Å²) >= 11 is 0. The molecule has 0 saturated carbocycles. The molecular weight excluding hydrogens is 366 g/mol. The highest BCUT2D eigenvalue weighted by molar-refractivity contribution is 6.07. The van der Waals surface area contributed by atoms with Gasteiger partial charge in [0.25, 0.3) is 0 Å². The van der Waals surface area contributed by atoms with E-state index in [1.807, 2.05) is 42.5 Å². The Labute approximate surface area is 165 Å². The topological polar surface area (TPSA) is 117 Å². The van der Waals surface area contributed by atoms with Crippen molar-refractivity contribution in [2.75, 3.05) is 11.5 Å². The van der Waals surface area contributed by atoms with Crippen LogP contribution in [0, 0.1) is 0 Å². The molecule has 8 nitrogen and oxygen atoms in total. The van der Waals surface area contributed by atoms with Gasteiger partial charge < -0.3 is 16.2 Å². The molecule has 5 rings (SSSR count). The Morgan fingerprint density at radius 1 is 0.862 bits per heavy atom. The molecule has 5 aromatic rings. The maximum Gasteiger partial charge on any atom is 0.220 e. The van der Waals surface area contributed by atoms with E-state index in [4.69, 9.17) is 16.2 Å². The number of fused-ring (bicyclic) bond motifs is 3. The van der Waals surface area contributed by atoms with Crippen LogP contribution in [0.4, 0.5) is 11.9 Å². The SMILES string of the molecule is Nc1nccc(-c2c3c(OCc4ccccc4)ccnc3n3c(N)nccc23)n1. The molecule has 142 valence electrons. The van der Waals surface area contributed by atoms with Crippen molar-refractivity contribution in [1.29, 1.82) is 0 Å². The summed E-state index contributed by atoms with van der Waals surface area (Å²) in [7, 11) is 0. The highest BCUT2D eigenvalue weighted by atomic mass is 16.5. The Bertz CT molecular complexity index is 1330. The second-order valence-electron chi connectivity index (χ2n) is 6.48. The zero-order chi connectivity index (χ0) is 19.8. The lowest BCUT2D eigenvalue weighted by Gasteiger charge is -2.09. The molecule has 0 aliphatic rings. The van der Waals surface area contributed by atoms with E-state index < -0.39 is 0 Å². The van der Waals surface area contributed by atoms with E-state index in [9.17, 15) is 0 Å². The molecule has 0 aliphatic heterocycles. The van der Waals surface area contributed by atoms with E-state index in [1.54, 1.807) is 29.1 Å². The number of hydrogen-bond donors (Lipinski definition) is 2. The van der Waals surface area contributed by atoms with Gasteiger partial charge in [-0.3, -0.25) is 4.40 Å². The highest BCUT2D eigenvalue weighted by Crippen LogP contribution is 2.39. The van der Waals surface area contributed by atoms with Gasteiger partial charge >= 0.3 is 0 Å². The number of aromatic nitrogens is 5. The van der Waals surface area contributed by atoms with Gasteiger partial charge in [0, 0.05) is 24.2 Å². The summed E-state index contributed by atoms with van der Waals surface area (Å²) in [5.74, 6) is 1.19. The lowest BCUT2D eigenvalue weighted by atomic mass is 10.1. The number of anilines is 2. The van der Waals surface area contributed by atoms with Gasteiger partial charge in [0.15, 0.2) is 5.65 Å². The first-order valence-corrected chi connectivity index (χ1v) is 9.01. The van der Waals surface area contributed by atoms with Crippen molar-refractivity contribution < 1.29 is 4.74 Å². The van der Waals surface area contributed by atoms with Crippen molar-refractivity contribution in [3.63, 3.8) is 0 Å². The van der Waals surface area contributed by atoms with Crippen LogP contribution in [0.1, 0.15) is 5.56 Å². The summed E-state index contributed by atoms with van der Waals surface area (Å²) < 4.78 is 7.97. The van der Waals surface area contributed by atoms with Gasteiger partial charge in [0.1, 0.15) is 12.4 Å². The zero-order valence-corrected chi connectivity index (χ0v) is 15.4. The summed E-state index contributed by atoms with van der Waals surface area (Å²) in [4.78, 5) is 17.2. The second kappa shape index (κ2) is 6.75. The van der Waals surface area contributed by atoms with Gasteiger partial charge in [-0.25, -0.2) is 19.9 Å². The van der Waals surface area contributed by atoms with Crippen LogP contribution in [0.2, 0.25) is 0 Å². The highest BCUT2D eigenvalue weighted by Gasteiger charge is 2.21. The number of nitrogens with two attached hydrogens (primary N) is 2. The van der Waals surface area contributed by atoms with Crippen LogP contribution < -0.4 is 16.2 Å². The van der Waals surface area contributed by atoms with Gasteiger partial charge in [0.2, 0.25) is 11.9 Å².